The van der Waals surface area contributed by atoms with Crippen LogP contribution < -0.4 is 9.88 Å². The summed E-state index contributed by atoms with van der Waals surface area (Å²) in [6.07, 6.45) is -3.53. The molecule has 1 aromatic heterocycles. The Labute approximate surface area is 118 Å². The first-order valence-corrected chi connectivity index (χ1v) is 7.05. The Morgan fingerprint density at radius 1 is 1.10 bits per heavy atom. The lowest BCUT2D eigenvalue weighted by molar-refractivity contribution is -0.137. The van der Waals surface area contributed by atoms with E-state index in [0.29, 0.717) is 0 Å². The summed E-state index contributed by atoms with van der Waals surface area (Å²) in [7, 11) is -3.84. The van der Waals surface area contributed by atoms with Crippen molar-refractivity contribution in [3.05, 3.63) is 48.2 Å². The number of halogens is 3. The second kappa shape index (κ2) is 5.34. The van der Waals surface area contributed by atoms with Gasteiger partial charge in [-0.25, -0.2) is 18.5 Å². The van der Waals surface area contributed by atoms with Gasteiger partial charge in [0.2, 0.25) is 15.9 Å². The molecular weight excluding hydrogens is 309 g/mol. The van der Waals surface area contributed by atoms with Crippen LogP contribution in [0.1, 0.15) is 5.56 Å². The number of rotatable bonds is 3. The van der Waals surface area contributed by atoms with Gasteiger partial charge in [0.25, 0.3) is 0 Å². The van der Waals surface area contributed by atoms with Crippen LogP contribution in [0.4, 0.5) is 13.2 Å². The average molecular weight is 318 g/mol. The molecule has 112 valence electrons. The van der Waals surface area contributed by atoms with Crippen LogP contribution in [0.5, 0.6) is 11.6 Å². The second-order valence-electron chi connectivity index (χ2n) is 4.00. The number of sulfonamides is 1. The van der Waals surface area contributed by atoms with Crippen molar-refractivity contribution in [2.45, 2.75) is 11.1 Å². The molecule has 21 heavy (non-hydrogen) atoms. The van der Waals surface area contributed by atoms with Crippen LogP contribution >= 0.6 is 0 Å². The number of hydrogen-bond acceptors (Lipinski definition) is 4. The predicted octanol–water partition coefficient (Wildman–Crippen LogP) is 2.54. The molecule has 5 nitrogen and oxygen atoms in total. The van der Waals surface area contributed by atoms with Crippen LogP contribution in [-0.4, -0.2) is 13.4 Å². The number of ether oxygens (including phenoxy) is 1. The first-order valence-electron chi connectivity index (χ1n) is 5.50. The minimum atomic E-state index is -4.50. The van der Waals surface area contributed by atoms with Crippen LogP contribution in [0.3, 0.4) is 0 Å². The Bertz CT molecular complexity index is 743. The molecule has 0 unspecified atom stereocenters. The molecular formula is C12H9F3N2O3S. The molecule has 2 N–H and O–H groups in total. The van der Waals surface area contributed by atoms with E-state index in [1.54, 1.807) is 0 Å². The average Bonchev–Trinajstić information content (AvgIpc) is 2.37. The van der Waals surface area contributed by atoms with Gasteiger partial charge in [0.15, 0.2) is 0 Å². The van der Waals surface area contributed by atoms with Crippen molar-refractivity contribution < 1.29 is 26.3 Å². The van der Waals surface area contributed by atoms with E-state index in [9.17, 15) is 21.6 Å². The molecule has 0 atom stereocenters. The van der Waals surface area contributed by atoms with Crippen molar-refractivity contribution in [3.63, 3.8) is 0 Å². The van der Waals surface area contributed by atoms with E-state index in [1.165, 1.54) is 24.3 Å². The van der Waals surface area contributed by atoms with Gasteiger partial charge in [-0.1, -0.05) is 0 Å². The van der Waals surface area contributed by atoms with Crippen LogP contribution in [0.15, 0.2) is 47.5 Å². The van der Waals surface area contributed by atoms with Crippen LogP contribution in [-0.2, 0) is 16.2 Å². The monoisotopic (exact) mass is 318 g/mol. The summed E-state index contributed by atoms with van der Waals surface area (Å²) in [6.45, 7) is 0. The summed E-state index contributed by atoms with van der Waals surface area (Å²) in [5.74, 6) is -0.123. The zero-order chi connectivity index (χ0) is 15.7. The van der Waals surface area contributed by atoms with Gasteiger partial charge in [-0.15, -0.1) is 0 Å². The molecule has 0 aliphatic carbocycles. The Morgan fingerprint density at radius 3 is 2.24 bits per heavy atom. The van der Waals surface area contributed by atoms with Gasteiger partial charge < -0.3 is 4.74 Å². The van der Waals surface area contributed by atoms with Crippen molar-refractivity contribution in [2.24, 2.45) is 5.14 Å². The molecule has 0 saturated carbocycles. The first-order chi connectivity index (χ1) is 9.66. The smallest absolute Gasteiger partial charge is 0.416 e. The minimum Gasteiger partial charge on any atom is -0.439 e. The standard InChI is InChI=1S/C12H9F3N2O3S/c13-12(14,15)8-5-6-17-11(7-8)20-9-1-3-10(4-2-9)21(16,18)19/h1-7H,(H2,16,18,19). The van der Waals surface area contributed by atoms with Crippen LogP contribution in [0, 0.1) is 0 Å². The molecule has 0 radical (unpaired) electrons. The maximum absolute atomic E-state index is 12.5. The molecule has 2 rings (SSSR count). The summed E-state index contributed by atoms with van der Waals surface area (Å²) in [6, 6.07) is 6.45. The van der Waals surface area contributed by atoms with E-state index < -0.39 is 21.8 Å². The summed E-state index contributed by atoms with van der Waals surface area (Å²) < 4.78 is 64.8. The van der Waals surface area contributed by atoms with E-state index in [4.69, 9.17) is 9.88 Å². The second-order valence-corrected chi connectivity index (χ2v) is 5.56. The quantitative estimate of drug-likeness (QED) is 0.943. The summed E-state index contributed by atoms with van der Waals surface area (Å²) in [5.41, 5.74) is -0.895. The zero-order valence-corrected chi connectivity index (χ0v) is 11.1. The van der Waals surface area contributed by atoms with Crippen molar-refractivity contribution in [2.75, 3.05) is 0 Å². The van der Waals surface area contributed by atoms with E-state index in [1.807, 2.05) is 0 Å². The van der Waals surface area contributed by atoms with Gasteiger partial charge in [-0.2, -0.15) is 13.2 Å². The fraction of sp³-hybridized carbons (Fsp3) is 0.0833. The summed E-state index contributed by atoms with van der Waals surface area (Å²) in [5, 5.41) is 4.92. The third-order valence-electron chi connectivity index (χ3n) is 2.44. The number of benzene rings is 1. The number of nitrogens with two attached hydrogens (primary N) is 1. The highest BCUT2D eigenvalue weighted by molar-refractivity contribution is 7.89. The van der Waals surface area contributed by atoms with E-state index in [2.05, 4.69) is 4.98 Å². The van der Waals surface area contributed by atoms with Crippen molar-refractivity contribution in [1.29, 1.82) is 0 Å². The molecule has 1 heterocycles. The molecule has 0 saturated heterocycles. The maximum Gasteiger partial charge on any atom is 0.416 e. The lowest BCUT2D eigenvalue weighted by Crippen LogP contribution is -2.11. The van der Waals surface area contributed by atoms with E-state index in [0.717, 1.165) is 18.3 Å². The summed E-state index contributed by atoms with van der Waals surface area (Å²) >= 11 is 0. The highest BCUT2D eigenvalue weighted by Gasteiger charge is 2.31. The predicted molar refractivity (Wildman–Crippen MR) is 67.1 cm³/mol. The number of primary sulfonamides is 1. The maximum atomic E-state index is 12.5. The Hall–Kier alpha value is -2.13. The first kappa shape index (κ1) is 15.3. The largest absolute Gasteiger partial charge is 0.439 e. The molecule has 0 amide bonds. The Balaban J connectivity index is 2.23. The zero-order valence-electron chi connectivity index (χ0n) is 10.3. The number of aromatic nitrogens is 1. The van der Waals surface area contributed by atoms with Gasteiger partial charge in [-0.3, -0.25) is 0 Å². The van der Waals surface area contributed by atoms with Gasteiger partial charge >= 0.3 is 6.18 Å². The number of nitrogens with zero attached hydrogens (tertiary/aromatic N) is 1. The molecule has 0 aliphatic rings. The number of alkyl halides is 3. The molecule has 0 aliphatic heterocycles. The van der Waals surface area contributed by atoms with Crippen molar-refractivity contribution >= 4 is 10.0 Å². The van der Waals surface area contributed by atoms with Gasteiger partial charge in [0.1, 0.15) is 5.75 Å². The lowest BCUT2D eigenvalue weighted by atomic mass is 10.2. The van der Waals surface area contributed by atoms with Gasteiger partial charge in [0.05, 0.1) is 10.5 Å². The molecule has 0 spiro atoms. The minimum absolute atomic E-state index is 0.133. The van der Waals surface area contributed by atoms with Crippen LogP contribution in [0.25, 0.3) is 0 Å². The van der Waals surface area contributed by atoms with Crippen molar-refractivity contribution in [1.82, 2.24) is 4.98 Å². The summed E-state index contributed by atoms with van der Waals surface area (Å²) in [4.78, 5) is 3.52. The molecule has 2 aromatic rings. The molecule has 9 heteroatoms. The Morgan fingerprint density at radius 2 is 1.71 bits per heavy atom. The SMILES string of the molecule is NS(=O)(=O)c1ccc(Oc2cc(C(F)(F)F)ccn2)cc1. The normalized spacial score (nSPS) is 12.2. The lowest BCUT2D eigenvalue weighted by Gasteiger charge is -2.09. The molecule has 0 bridgehead atoms. The van der Waals surface area contributed by atoms with Crippen LogP contribution in [0.2, 0.25) is 0 Å². The fourth-order valence-corrected chi connectivity index (χ4v) is 1.98. The molecule has 1 aromatic carbocycles. The third kappa shape index (κ3) is 3.92. The van der Waals surface area contributed by atoms with Gasteiger partial charge in [-0.05, 0) is 30.3 Å². The third-order valence-corrected chi connectivity index (χ3v) is 3.37. The number of pyridine rings is 1. The molecule has 0 fully saturated rings. The highest BCUT2D eigenvalue weighted by atomic mass is 32.2. The fourth-order valence-electron chi connectivity index (χ4n) is 1.46. The van der Waals surface area contributed by atoms with Gasteiger partial charge in [0, 0.05) is 12.3 Å². The topological polar surface area (TPSA) is 82.3 Å². The Kier molecular flexibility index (Phi) is 3.88. The highest BCUT2D eigenvalue weighted by Crippen LogP contribution is 2.31. The van der Waals surface area contributed by atoms with E-state index in [-0.39, 0.29) is 16.5 Å². The van der Waals surface area contributed by atoms with E-state index >= 15 is 0 Å². The van der Waals surface area contributed by atoms with Crippen molar-refractivity contribution in [3.8, 4) is 11.6 Å². The number of hydrogen-bond donors (Lipinski definition) is 1.